The van der Waals surface area contributed by atoms with E-state index in [0.29, 0.717) is 22.2 Å². The summed E-state index contributed by atoms with van der Waals surface area (Å²) in [4.78, 5) is 19.1. The lowest BCUT2D eigenvalue weighted by atomic mass is 10.1. The zero-order valence-corrected chi connectivity index (χ0v) is 15.2. The third kappa shape index (κ3) is 4.12. The lowest BCUT2D eigenvalue weighted by Crippen LogP contribution is -2.40. The first-order chi connectivity index (χ1) is 11.6. The minimum atomic E-state index is -0.0353. The molecule has 0 atom stereocenters. The van der Waals surface area contributed by atoms with Crippen LogP contribution in [0.1, 0.15) is 12.0 Å². The molecule has 2 aromatic carbocycles. The van der Waals surface area contributed by atoms with E-state index in [4.69, 9.17) is 23.2 Å². The van der Waals surface area contributed by atoms with Gasteiger partial charge in [-0.2, -0.15) is 0 Å². The highest BCUT2D eigenvalue weighted by Crippen LogP contribution is 2.27. The number of halogens is 2. The smallest absolute Gasteiger partial charge is 0.233 e. The van der Waals surface area contributed by atoms with Crippen LogP contribution in [0, 0.1) is 0 Å². The van der Waals surface area contributed by atoms with Gasteiger partial charge < -0.3 is 0 Å². The summed E-state index contributed by atoms with van der Waals surface area (Å²) in [5.41, 5.74) is 1.51. The molecule has 1 fully saturated rings. The number of amides is 1. The van der Waals surface area contributed by atoms with Crippen molar-refractivity contribution in [2.24, 2.45) is 4.99 Å². The molecule has 0 aromatic heterocycles. The summed E-state index contributed by atoms with van der Waals surface area (Å²) in [6, 6.07) is 14.9. The van der Waals surface area contributed by atoms with Gasteiger partial charge in [0, 0.05) is 22.3 Å². The summed E-state index contributed by atoms with van der Waals surface area (Å²) in [6.45, 7) is 0.666. The van der Waals surface area contributed by atoms with Crippen molar-refractivity contribution in [3.8, 4) is 0 Å². The molecule has 3 rings (SSSR count). The number of hydrogen-bond donors (Lipinski definition) is 0. The first-order valence-electron chi connectivity index (χ1n) is 7.65. The van der Waals surface area contributed by atoms with Gasteiger partial charge in [-0.1, -0.05) is 59.2 Å². The van der Waals surface area contributed by atoms with Crippen molar-refractivity contribution in [3.05, 3.63) is 64.1 Å². The topological polar surface area (TPSA) is 32.7 Å². The van der Waals surface area contributed by atoms with Gasteiger partial charge >= 0.3 is 0 Å². The van der Waals surface area contributed by atoms with Gasteiger partial charge in [-0.25, -0.2) is 4.99 Å². The fourth-order valence-electron chi connectivity index (χ4n) is 2.44. The second-order valence-electron chi connectivity index (χ2n) is 5.35. The van der Waals surface area contributed by atoms with Crippen molar-refractivity contribution in [1.82, 2.24) is 4.90 Å². The van der Waals surface area contributed by atoms with E-state index in [1.54, 1.807) is 34.9 Å². The summed E-state index contributed by atoms with van der Waals surface area (Å²) in [5, 5.41) is 1.77. The molecule has 6 heteroatoms. The van der Waals surface area contributed by atoms with Crippen LogP contribution in [0.4, 0.5) is 5.69 Å². The Hall–Kier alpha value is -1.49. The fraction of sp³-hybridized carbons (Fsp3) is 0.222. The number of hydrogen-bond acceptors (Lipinski definition) is 3. The molecule has 1 aliphatic rings. The van der Waals surface area contributed by atoms with Gasteiger partial charge in [0.1, 0.15) is 0 Å². The number of rotatable bonds is 3. The molecule has 0 unspecified atom stereocenters. The van der Waals surface area contributed by atoms with Crippen LogP contribution in [0.25, 0.3) is 0 Å². The van der Waals surface area contributed by atoms with Crippen LogP contribution in [-0.4, -0.2) is 28.3 Å². The third-order valence-corrected chi connectivity index (χ3v) is 5.43. The summed E-state index contributed by atoms with van der Waals surface area (Å²) in [6.07, 6.45) is 1.12. The van der Waals surface area contributed by atoms with Crippen molar-refractivity contribution in [2.45, 2.75) is 12.8 Å². The maximum Gasteiger partial charge on any atom is 0.233 e. The quantitative estimate of drug-likeness (QED) is 0.735. The van der Waals surface area contributed by atoms with Gasteiger partial charge in [-0.3, -0.25) is 9.69 Å². The SMILES string of the molecule is O=C(Cc1c(Cl)cccc1Cl)N1CCCSC1=Nc1ccccc1. The molecule has 1 heterocycles. The maximum absolute atomic E-state index is 12.8. The van der Waals surface area contributed by atoms with E-state index in [0.717, 1.165) is 23.0 Å². The zero-order chi connectivity index (χ0) is 16.9. The van der Waals surface area contributed by atoms with Crippen molar-refractivity contribution >= 4 is 51.7 Å². The molecule has 2 aromatic rings. The normalized spacial score (nSPS) is 16.4. The van der Waals surface area contributed by atoms with Gasteiger partial charge in [0.05, 0.1) is 12.1 Å². The number of aliphatic imine (C=N–C) groups is 1. The second kappa shape index (κ2) is 8.06. The van der Waals surface area contributed by atoms with Crippen LogP contribution < -0.4 is 0 Å². The number of carbonyl (C=O) groups excluding carboxylic acids is 1. The largest absolute Gasteiger partial charge is 0.291 e. The maximum atomic E-state index is 12.8. The minimum absolute atomic E-state index is 0.0353. The summed E-state index contributed by atoms with van der Waals surface area (Å²) in [7, 11) is 0. The first kappa shape index (κ1) is 17.3. The fourth-order valence-corrected chi connectivity index (χ4v) is 3.95. The molecule has 1 saturated heterocycles. The molecule has 124 valence electrons. The van der Waals surface area contributed by atoms with E-state index in [1.165, 1.54) is 0 Å². The molecule has 0 saturated carbocycles. The van der Waals surface area contributed by atoms with Gasteiger partial charge in [0.25, 0.3) is 0 Å². The van der Waals surface area contributed by atoms with E-state index in [2.05, 4.69) is 4.99 Å². The Kier molecular flexibility index (Phi) is 5.82. The van der Waals surface area contributed by atoms with E-state index in [9.17, 15) is 4.79 Å². The van der Waals surface area contributed by atoms with Gasteiger partial charge in [-0.05, 0) is 36.2 Å². The summed E-state index contributed by atoms with van der Waals surface area (Å²) >= 11 is 14.0. The highest BCUT2D eigenvalue weighted by Gasteiger charge is 2.25. The lowest BCUT2D eigenvalue weighted by Gasteiger charge is -2.28. The van der Waals surface area contributed by atoms with Gasteiger partial charge in [0.15, 0.2) is 5.17 Å². The molecule has 3 nitrogen and oxygen atoms in total. The zero-order valence-electron chi connectivity index (χ0n) is 12.9. The van der Waals surface area contributed by atoms with Crippen molar-refractivity contribution in [2.75, 3.05) is 12.3 Å². The summed E-state index contributed by atoms with van der Waals surface area (Å²) in [5.74, 6) is 0.925. The van der Waals surface area contributed by atoms with Crippen LogP contribution in [0.5, 0.6) is 0 Å². The van der Waals surface area contributed by atoms with Gasteiger partial charge in [0.2, 0.25) is 5.91 Å². The third-order valence-electron chi connectivity index (χ3n) is 3.66. The summed E-state index contributed by atoms with van der Waals surface area (Å²) < 4.78 is 0. The Balaban J connectivity index is 1.83. The number of amidine groups is 1. The molecule has 0 bridgehead atoms. The minimum Gasteiger partial charge on any atom is -0.291 e. The number of para-hydroxylation sites is 1. The van der Waals surface area contributed by atoms with Crippen LogP contribution in [0.15, 0.2) is 53.5 Å². The number of nitrogens with zero attached hydrogens (tertiary/aromatic N) is 2. The molecule has 1 amide bonds. The Labute approximate surface area is 155 Å². The van der Waals surface area contributed by atoms with Crippen molar-refractivity contribution in [1.29, 1.82) is 0 Å². The van der Waals surface area contributed by atoms with E-state index in [-0.39, 0.29) is 12.3 Å². The highest BCUT2D eigenvalue weighted by molar-refractivity contribution is 8.13. The molecule has 1 aliphatic heterocycles. The molecule has 0 spiro atoms. The predicted octanol–water partition coefficient (Wildman–Crippen LogP) is 5.19. The monoisotopic (exact) mass is 378 g/mol. The predicted molar refractivity (Wildman–Crippen MR) is 102 cm³/mol. The standard InChI is InChI=1S/C18H16Cl2N2OS/c19-15-8-4-9-16(20)14(15)12-17(23)22-10-5-11-24-18(22)21-13-6-2-1-3-7-13/h1-4,6-9H,5,10-12H2. The Morgan fingerprint density at radius 2 is 1.79 bits per heavy atom. The van der Waals surface area contributed by atoms with E-state index < -0.39 is 0 Å². The van der Waals surface area contributed by atoms with Crippen molar-refractivity contribution < 1.29 is 4.79 Å². The molecular weight excluding hydrogens is 363 g/mol. The molecule has 0 radical (unpaired) electrons. The Morgan fingerprint density at radius 3 is 2.50 bits per heavy atom. The molecule has 0 N–H and O–H groups in total. The Morgan fingerprint density at radius 1 is 1.08 bits per heavy atom. The Bertz CT molecular complexity index is 745. The van der Waals surface area contributed by atoms with Crippen LogP contribution >= 0.6 is 35.0 Å². The first-order valence-corrected chi connectivity index (χ1v) is 9.39. The van der Waals surface area contributed by atoms with Gasteiger partial charge in [-0.15, -0.1) is 0 Å². The highest BCUT2D eigenvalue weighted by atomic mass is 35.5. The number of carbonyl (C=O) groups is 1. The van der Waals surface area contributed by atoms with Crippen molar-refractivity contribution in [3.63, 3.8) is 0 Å². The molecule has 0 aliphatic carbocycles. The van der Waals surface area contributed by atoms with E-state index in [1.807, 2.05) is 30.3 Å². The van der Waals surface area contributed by atoms with Crippen LogP contribution in [0.3, 0.4) is 0 Å². The lowest BCUT2D eigenvalue weighted by molar-refractivity contribution is -0.126. The average Bonchev–Trinajstić information content (AvgIpc) is 2.59. The number of benzene rings is 2. The number of thioether (sulfide) groups is 1. The van der Waals surface area contributed by atoms with E-state index >= 15 is 0 Å². The molecular formula is C18H16Cl2N2OS. The average molecular weight is 379 g/mol. The van der Waals surface area contributed by atoms with Crippen LogP contribution in [0.2, 0.25) is 10.0 Å². The molecule has 24 heavy (non-hydrogen) atoms. The van der Waals surface area contributed by atoms with Crippen LogP contribution in [-0.2, 0) is 11.2 Å². The second-order valence-corrected chi connectivity index (χ2v) is 7.23.